The van der Waals surface area contributed by atoms with Crippen LogP contribution < -0.4 is 60.2 Å². The van der Waals surface area contributed by atoms with Crippen LogP contribution in [0.1, 0.15) is 141 Å². The number of hydrogen-bond donors (Lipinski definition) is 13. The molecule has 0 radical (unpaired) electrons. The van der Waals surface area contributed by atoms with Gasteiger partial charge in [-0.15, -0.1) is 0 Å². The third-order valence-corrected chi connectivity index (χ3v) is 13.6. The maximum absolute atomic E-state index is 14.4. The number of aliphatic hydroxyl groups is 1. The molecule has 0 bridgehead atoms. The van der Waals surface area contributed by atoms with E-state index in [1.165, 1.54) is 42.0 Å². The summed E-state index contributed by atoms with van der Waals surface area (Å²) < 4.78 is 0. The van der Waals surface area contributed by atoms with Crippen LogP contribution in [0.15, 0.2) is 24.3 Å². The number of phenols is 1. The first-order valence-electron chi connectivity index (χ1n) is 26.5. The van der Waals surface area contributed by atoms with Crippen molar-refractivity contribution in [1.29, 1.82) is 0 Å². The van der Waals surface area contributed by atoms with E-state index in [4.69, 9.17) is 22.9 Å². The van der Waals surface area contributed by atoms with Gasteiger partial charge in [0.15, 0.2) is 0 Å². The van der Waals surface area contributed by atoms with Gasteiger partial charge in [0.2, 0.25) is 70.9 Å². The van der Waals surface area contributed by atoms with Crippen molar-refractivity contribution in [3.63, 3.8) is 0 Å². The number of nitrogens with one attached hydrogen (secondary N) is 7. The molecule has 428 valence electrons. The normalized spacial score (nSPS) is 24.0. The number of aliphatic hydroxyl groups excluding tert-OH is 1. The van der Waals surface area contributed by atoms with Crippen molar-refractivity contribution in [1.82, 2.24) is 42.1 Å². The molecule has 0 aromatic heterocycles. The van der Waals surface area contributed by atoms with Crippen LogP contribution in [0.25, 0.3) is 0 Å². The van der Waals surface area contributed by atoms with Gasteiger partial charge in [-0.2, -0.15) is 0 Å². The van der Waals surface area contributed by atoms with Crippen molar-refractivity contribution >= 4 is 70.9 Å². The fraction of sp³-hybridized carbons (Fsp3) is 0.647. The first kappa shape index (κ1) is 63.9. The van der Waals surface area contributed by atoms with Gasteiger partial charge in [-0.3, -0.25) is 57.5 Å². The van der Waals surface area contributed by atoms with E-state index in [1.807, 2.05) is 0 Å². The van der Waals surface area contributed by atoms with Gasteiger partial charge >= 0.3 is 0 Å². The van der Waals surface area contributed by atoms with Gasteiger partial charge in [-0.05, 0) is 49.3 Å². The number of rotatable bonds is 24. The maximum atomic E-state index is 14.4. The molecule has 2 heterocycles. The van der Waals surface area contributed by atoms with E-state index in [0.29, 0.717) is 24.3 Å². The Labute approximate surface area is 447 Å². The molecule has 0 saturated carbocycles. The largest absolute Gasteiger partial charge is 0.508 e. The molecule has 0 spiro atoms. The summed E-state index contributed by atoms with van der Waals surface area (Å²) in [6.07, 6.45) is 6.43. The molecular weight excluding hydrogens is 1000 g/mol. The molecule has 2 aliphatic heterocycles. The third-order valence-electron chi connectivity index (χ3n) is 13.6. The second kappa shape index (κ2) is 32.9. The van der Waals surface area contributed by atoms with Crippen molar-refractivity contribution < 1.29 is 67.7 Å². The van der Waals surface area contributed by atoms with Crippen LogP contribution in [0.4, 0.5) is 0 Å². The Balaban J connectivity index is 2.09. The molecule has 2 aliphatic rings. The van der Waals surface area contributed by atoms with Crippen molar-refractivity contribution in [2.75, 3.05) is 13.2 Å². The first-order valence-corrected chi connectivity index (χ1v) is 26.5. The third kappa shape index (κ3) is 23.2. The predicted octanol–water partition coefficient (Wildman–Crippen LogP) is -2.45. The zero-order valence-electron chi connectivity index (χ0n) is 44.1. The number of nitrogens with two attached hydrogens (primary N) is 4. The second-order valence-electron chi connectivity index (χ2n) is 20.0. The number of fused-ring (bicyclic) bond motifs is 1. The monoisotopic (exact) mass is 1080 g/mol. The van der Waals surface area contributed by atoms with E-state index >= 15 is 0 Å². The highest BCUT2D eigenvalue weighted by Gasteiger charge is 2.40. The Hall–Kier alpha value is -7.38. The molecule has 2 fully saturated rings. The number of unbranched alkanes of at least 4 members (excludes halogenated alkanes) is 7. The minimum Gasteiger partial charge on any atom is -0.508 e. The lowest BCUT2D eigenvalue weighted by Gasteiger charge is -2.31. The smallest absolute Gasteiger partial charge is 0.245 e. The van der Waals surface area contributed by atoms with Gasteiger partial charge < -0.3 is 75.3 Å². The molecule has 2 saturated heterocycles. The highest BCUT2D eigenvalue weighted by atomic mass is 16.3. The number of benzene rings is 1. The molecule has 1 aromatic rings. The van der Waals surface area contributed by atoms with Crippen LogP contribution in [0.5, 0.6) is 5.75 Å². The van der Waals surface area contributed by atoms with E-state index in [-0.39, 0.29) is 31.6 Å². The lowest BCUT2D eigenvalue weighted by atomic mass is 9.99. The van der Waals surface area contributed by atoms with Crippen LogP contribution in [0, 0.1) is 5.92 Å². The molecule has 26 heteroatoms. The Kier molecular flexibility index (Phi) is 27.3. The average molecular weight is 1090 g/mol. The number of primary amides is 4. The zero-order chi connectivity index (χ0) is 57.2. The minimum atomic E-state index is -1.96. The Morgan fingerprint density at radius 3 is 1.57 bits per heavy atom. The van der Waals surface area contributed by atoms with Crippen LogP contribution in [0.2, 0.25) is 0 Å². The minimum absolute atomic E-state index is 0.00767. The van der Waals surface area contributed by atoms with E-state index in [0.717, 1.165) is 44.9 Å². The summed E-state index contributed by atoms with van der Waals surface area (Å²) >= 11 is 0. The number of nitrogens with zero attached hydrogens (tertiary/aromatic N) is 1. The van der Waals surface area contributed by atoms with Gasteiger partial charge in [0.1, 0.15) is 48.0 Å². The fourth-order valence-electron chi connectivity index (χ4n) is 9.06. The lowest BCUT2D eigenvalue weighted by molar-refractivity contribution is -0.142. The highest BCUT2D eigenvalue weighted by molar-refractivity contribution is 6.00. The summed E-state index contributed by atoms with van der Waals surface area (Å²) in [7, 11) is 0. The molecule has 17 N–H and O–H groups in total. The summed E-state index contributed by atoms with van der Waals surface area (Å²) in [4.78, 5) is 162. The standard InChI is InChI=1S/C51H80N12O14/c1-3-29(2)13-10-8-6-4-5-7-9-11-14-31-24-44(70)57-35(25-41(53)67)46(72)59-34(23-30-16-18-32(65)19-17-30)45(71)60-37(27-43(55)69)48(74)62-38(28-64)49(75)61-36(26-42(54)68)47(73)58-33(20-21-40(52)66)51(77)63-22-12-15-39(63)50(76)56-31/h16-19,29,31,33-39,64-65H,3-15,20-28H2,1-2H3,(H2,52,66)(H2,53,67)(H2,54,68)(H2,55,69)(H,56,76)(H,57,70)(H,58,73)(H,59,72)(H,60,71)(H,61,75)(H,62,74)/t29?,31-,33+,34-,35-,36+,37-,38+,39-/m1/s1. The number of phenolic OH excluding ortho intramolecular Hbond substituents is 1. The number of carbonyl (C=O) groups is 12. The second-order valence-corrected chi connectivity index (χ2v) is 20.0. The summed E-state index contributed by atoms with van der Waals surface area (Å²) in [6.45, 7) is 3.26. The van der Waals surface area contributed by atoms with E-state index in [1.54, 1.807) is 0 Å². The molecule has 1 unspecified atom stereocenters. The van der Waals surface area contributed by atoms with Crippen molar-refractivity contribution in [3.05, 3.63) is 29.8 Å². The van der Waals surface area contributed by atoms with E-state index < -0.39 is 164 Å². The Morgan fingerprint density at radius 2 is 1.05 bits per heavy atom. The summed E-state index contributed by atoms with van der Waals surface area (Å²) in [5, 5.41) is 37.0. The van der Waals surface area contributed by atoms with Crippen molar-refractivity contribution in [2.24, 2.45) is 28.9 Å². The zero-order valence-corrected chi connectivity index (χ0v) is 44.1. The Morgan fingerprint density at radius 1 is 0.584 bits per heavy atom. The molecule has 12 amide bonds. The van der Waals surface area contributed by atoms with Crippen LogP contribution in [-0.2, 0) is 64.0 Å². The van der Waals surface area contributed by atoms with Crippen LogP contribution >= 0.6 is 0 Å². The summed E-state index contributed by atoms with van der Waals surface area (Å²) in [5.74, 6) is -12.0. The molecule has 77 heavy (non-hydrogen) atoms. The van der Waals surface area contributed by atoms with Crippen LogP contribution in [-0.4, -0.2) is 147 Å². The molecule has 1 aromatic carbocycles. The van der Waals surface area contributed by atoms with Gasteiger partial charge in [-0.1, -0.05) is 90.2 Å². The van der Waals surface area contributed by atoms with E-state index in [9.17, 15) is 67.7 Å². The van der Waals surface area contributed by atoms with Crippen molar-refractivity contribution in [2.45, 2.75) is 191 Å². The van der Waals surface area contributed by atoms with Crippen molar-refractivity contribution in [3.8, 4) is 5.75 Å². The topological polar surface area (TPSA) is 437 Å². The van der Waals surface area contributed by atoms with Gasteiger partial charge in [0.25, 0.3) is 0 Å². The summed E-state index contributed by atoms with van der Waals surface area (Å²) in [6, 6.07) is -7.40. The molecular formula is C51H80N12O14. The van der Waals surface area contributed by atoms with Gasteiger partial charge in [0, 0.05) is 31.8 Å². The molecule has 0 aliphatic carbocycles. The van der Waals surface area contributed by atoms with Gasteiger partial charge in [0.05, 0.1) is 25.9 Å². The van der Waals surface area contributed by atoms with Gasteiger partial charge in [-0.25, -0.2) is 0 Å². The first-order chi connectivity index (χ1) is 36.5. The fourth-order valence-corrected chi connectivity index (χ4v) is 9.06. The number of hydrogen-bond acceptors (Lipinski definition) is 14. The number of amides is 12. The average Bonchev–Trinajstić information content (AvgIpc) is 3.86. The predicted molar refractivity (Wildman–Crippen MR) is 277 cm³/mol. The number of carbonyl (C=O) groups excluding carboxylic acids is 12. The lowest BCUT2D eigenvalue weighted by Crippen LogP contribution is -2.61. The van der Waals surface area contributed by atoms with Crippen LogP contribution in [0.3, 0.4) is 0 Å². The summed E-state index contributed by atoms with van der Waals surface area (Å²) in [5.41, 5.74) is 22.1. The molecule has 3 rings (SSSR count). The maximum Gasteiger partial charge on any atom is 0.245 e. The van der Waals surface area contributed by atoms with E-state index in [2.05, 4.69) is 51.1 Å². The molecule has 26 nitrogen and oxygen atoms in total. The number of aromatic hydroxyl groups is 1. The highest BCUT2D eigenvalue weighted by Crippen LogP contribution is 2.22. The molecule has 9 atom stereocenters. The Bertz CT molecular complexity index is 2230. The quantitative estimate of drug-likeness (QED) is 0.0479. The SMILES string of the molecule is CCC(C)CCCCCCCCCC[C@@H]1CC(=O)N[C@H](CC(N)=O)C(=O)N[C@H](Cc2ccc(O)cc2)C(=O)N[C@H](CC(N)=O)C(=O)N[C@@H](CO)C(=O)N[C@@H](CC(N)=O)C(=O)N[C@@H](CCC(N)=O)C(=O)N2CCC[C@@H]2C(=O)N1.